The first kappa shape index (κ1) is 11.4. The summed E-state index contributed by atoms with van der Waals surface area (Å²) >= 11 is 0. The number of nitrogens with two attached hydrogens (primary N) is 1. The quantitative estimate of drug-likeness (QED) is 0.505. The van der Waals surface area contributed by atoms with Crippen LogP contribution in [0.5, 0.6) is 0 Å². The highest BCUT2D eigenvalue weighted by Gasteiger charge is 2.06. The molecule has 1 aliphatic rings. The Morgan fingerprint density at radius 3 is 2.38 bits per heavy atom. The summed E-state index contributed by atoms with van der Waals surface area (Å²) in [5.41, 5.74) is 4.77. The molecule has 0 unspecified atom stereocenters. The van der Waals surface area contributed by atoms with Crippen molar-refractivity contribution in [1.29, 1.82) is 0 Å². The van der Waals surface area contributed by atoms with E-state index >= 15 is 0 Å². The first-order valence-electron chi connectivity index (χ1n) is 3.28. The van der Waals surface area contributed by atoms with Crippen molar-refractivity contribution < 1.29 is 19.8 Å². The van der Waals surface area contributed by atoms with E-state index in [9.17, 15) is 9.59 Å². The molecule has 0 aromatic heterocycles. The highest BCUT2D eigenvalue weighted by atomic mass is 16.4. The average Bonchev–Trinajstić information content (AvgIpc) is 2.55. The predicted molar refractivity (Wildman–Crippen MR) is 41.7 cm³/mol. The van der Waals surface area contributed by atoms with Gasteiger partial charge in [0.2, 0.25) is 0 Å². The zero-order valence-electron chi connectivity index (χ0n) is 6.62. The fourth-order valence-electron chi connectivity index (χ4n) is 0.299. The molecule has 4 N–H and O–H groups in total. The van der Waals surface area contributed by atoms with Gasteiger partial charge >= 0.3 is 5.97 Å². The van der Waals surface area contributed by atoms with Crippen LogP contribution in [0.4, 0.5) is 0 Å². The molecule has 0 aliphatic carbocycles. The molecule has 1 rings (SSSR count). The Hall–Kier alpha value is -1.60. The third kappa shape index (κ3) is 5.65. The molecule has 0 aromatic carbocycles. The van der Waals surface area contributed by atoms with Crippen molar-refractivity contribution >= 4 is 11.9 Å². The standard InChI is InChI=1S/C3H2N2O.C3H7NO3/c6-3-1-2-4-5-3;4-2(1-5)3(6)7/h1-2H;2,5H,1,4H2,(H,6,7)/t;2-/m.0/s1. The SMILES string of the molecule is N[C@@H](CO)C(=O)O.O=C1C=CN=N1. The van der Waals surface area contributed by atoms with Gasteiger partial charge in [0.25, 0.3) is 5.91 Å². The maximum atomic E-state index is 9.90. The number of carbonyl (C=O) groups excluding carboxylic acids is 1. The highest BCUT2D eigenvalue weighted by molar-refractivity contribution is 5.89. The molecule has 0 aromatic rings. The van der Waals surface area contributed by atoms with E-state index < -0.39 is 18.6 Å². The second-order valence-corrected chi connectivity index (χ2v) is 2.00. The van der Waals surface area contributed by atoms with Crippen LogP contribution >= 0.6 is 0 Å². The van der Waals surface area contributed by atoms with Gasteiger partial charge in [-0.1, -0.05) is 0 Å². The molecule has 0 radical (unpaired) electrons. The van der Waals surface area contributed by atoms with E-state index in [4.69, 9.17) is 15.9 Å². The number of aliphatic hydroxyl groups is 1. The Morgan fingerprint density at radius 1 is 1.69 bits per heavy atom. The molecular weight excluding hydrogens is 178 g/mol. The Balaban J connectivity index is 0.000000223. The van der Waals surface area contributed by atoms with Crippen LogP contribution in [0.15, 0.2) is 22.5 Å². The van der Waals surface area contributed by atoms with Crippen molar-refractivity contribution in [3.8, 4) is 0 Å². The maximum absolute atomic E-state index is 9.90. The van der Waals surface area contributed by atoms with Crippen molar-refractivity contribution in [3.05, 3.63) is 12.3 Å². The first-order valence-corrected chi connectivity index (χ1v) is 3.28. The molecule has 1 amide bonds. The minimum absolute atomic E-state index is 0.269. The zero-order valence-corrected chi connectivity index (χ0v) is 6.62. The summed E-state index contributed by atoms with van der Waals surface area (Å²) in [6.45, 7) is -0.505. The lowest BCUT2D eigenvalue weighted by molar-refractivity contribution is -0.139. The van der Waals surface area contributed by atoms with Crippen LogP contribution in [0.25, 0.3) is 0 Å². The number of aliphatic hydroxyl groups excluding tert-OH is 1. The Kier molecular flexibility index (Phi) is 5.24. The van der Waals surface area contributed by atoms with E-state index in [-0.39, 0.29) is 5.91 Å². The fraction of sp³-hybridized carbons (Fsp3) is 0.333. The van der Waals surface area contributed by atoms with Crippen LogP contribution in [0.3, 0.4) is 0 Å². The highest BCUT2D eigenvalue weighted by Crippen LogP contribution is 1.90. The lowest BCUT2D eigenvalue weighted by Crippen LogP contribution is -2.33. The second-order valence-electron chi connectivity index (χ2n) is 2.00. The summed E-state index contributed by atoms with van der Waals surface area (Å²) in [6, 6.07) is -1.13. The summed E-state index contributed by atoms with van der Waals surface area (Å²) in [5.74, 6) is -1.45. The van der Waals surface area contributed by atoms with Gasteiger partial charge in [-0.05, 0) is 0 Å². The molecule has 0 fully saturated rings. The number of hydrogen-bond donors (Lipinski definition) is 3. The molecule has 1 aliphatic heterocycles. The number of azo groups is 1. The summed E-state index contributed by atoms with van der Waals surface area (Å²) in [4.78, 5) is 19.5. The van der Waals surface area contributed by atoms with E-state index in [0.717, 1.165) is 0 Å². The average molecular weight is 187 g/mol. The monoisotopic (exact) mass is 187 g/mol. The fourth-order valence-corrected chi connectivity index (χ4v) is 0.299. The summed E-state index contributed by atoms with van der Waals surface area (Å²) in [6.07, 6.45) is 2.67. The van der Waals surface area contributed by atoms with E-state index in [2.05, 4.69) is 10.2 Å². The van der Waals surface area contributed by atoms with Crippen LogP contribution in [0, 0.1) is 0 Å². The van der Waals surface area contributed by atoms with Gasteiger partial charge < -0.3 is 15.9 Å². The molecule has 1 atom stereocenters. The van der Waals surface area contributed by atoms with Crippen LogP contribution in [-0.2, 0) is 9.59 Å². The van der Waals surface area contributed by atoms with Gasteiger partial charge in [-0.15, -0.1) is 5.11 Å². The molecule has 0 saturated heterocycles. The molecule has 72 valence electrons. The smallest absolute Gasteiger partial charge is 0.322 e. The van der Waals surface area contributed by atoms with E-state index in [1.54, 1.807) is 0 Å². The van der Waals surface area contributed by atoms with Gasteiger partial charge in [0, 0.05) is 6.08 Å². The third-order valence-corrected chi connectivity index (χ3v) is 0.954. The van der Waals surface area contributed by atoms with Gasteiger partial charge in [0.1, 0.15) is 6.04 Å². The molecule has 1 heterocycles. The predicted octanol–water partition coefficient (Wildman–Crippen LogP) is -1.12. The number of carboxylic acids is 1. The van der Waals surface area contributed by atoms with Gasteiger partial charge in [0.05, 0.1) is 12.8 Å². The molecule has 0 bridgehead atoms. The molecular formula is C6H9N3O4. The van der Waals surface area contributed by atoms with Gasteiger partial charge in [-0.2, -0.15) is 5.11 Å². The lowest BCUT2D eigenvalue weighted by atomic mass is 10.3. The molecule has 0 spiro atoms. The molecule has 13 heavy (non-hydrogen) atoms. The van der Waals surface area contributed by atoms with Crippen molar-refractivity contribution in [3.63, 3.8) is 0 Å². The second kappa shape index (κ2) is 5.98. The van der Waals surface area contributed by atoms with Crippen molar-refractivity contribution in [1.82, 2.24) is 0 Å². The number of carboxylic acid groups (broad SMARTS) is 1. The van der Waals surface area contributed by atoms with Crippen molar-refractivity contribution in [2.24, 2.45) is 16.0 Å². The number of carbonyl (C=O) groups is 2. The Labute approximate surface area is 73.6 Å². The van der Waals surface area contributed by atoms with Crippen LogP contribution in [0.1, 0.15) is 0 Å². The van der Waals surface area contributed by atoms with Crippen molar-refractivity contribution in [2.45, 2.75) is 6.04 Å². The summed E-state index contributed by atoms with van der Waals surface area (Å²) in [7, 11) is 0. The maximum Gasteiger partial charge on any atom is 0.322 e. The van der Waals surface area contributed by atoms with E-state index in [1.165, 1.54) is 12.3 Å². The first-order chi connectivity index (χ1) is 6.07. The van der Waals surface area contributed by atoms with E-state index in [1.807, 2.05) is 0 Å². The topological polar surface area (TPSA) is 125 Å². The minimum Gasteiger partial charge on any atom is -0.480 e. The lowest BCUT2D eigenvalue weighted by Gasteiger charge is -1.96. The van der Waals surface area contributed by atoms with Crippen LogP contribution in [0.2, 0.25) is 0 Å². The van der Waals surface area contributed by atoms with Crippen LogP contribution < -0.4 is 5.73 Å². The van der Waals surface area contributed by atoms with Crippen molar-refractivity contribution in [2.75, 3.05) is 6.61 Å². The number of amides is 1. The zero-order chi connectivity index (χ0) is 10.3. The Morgan fingerprint density at radius 2 is 2.31 bits per heavy atom. The van der Waals surface area contributed by atoms with Gasteiger partial charge in [0.15, 0.2) is 0 Å². The molecule has 0 saturated carbocycles. The summed E-state index contributed by atoms with van der Waals surface area (Å²) in [5, 5.41) is 22.3. The number of aliphatic carboxylic acids is 1. The van der Waals surface area contributed by atoms with Gasteiger partial charge in [-0.3, -0.25) is 9.59 Å². The third-order valence-electron chi connectivity index (χ3n) is 0.954. The molecule has 7 heteroatoms. The number of hydrogen-bond acceptors (Lipinski definition) is 5. The van der Waals surface area contributed by atoms with Gasteiger partial charge in [-0.25, -0.2) is 0 Å². The molecule has 7 nitrogen and oxygen atoms in total. The number of rotatable bonds is 2. The number of nitrogens with zero attached hydrogens (tertiary/aromatic N) is 2. The Bertz CT molecular complexity index is 234. The van der Waals surface area contributed by atoms with E-state index in [0.29, 0.717) is 0 Å². The largest absolute Gasteiger partial charge is 0.480 e. The normalized spacial score (nSPS) is 15.1. The summed E-state index contributed by atoms with van der Waals surface area (Å²) < 4.78 is 0. The van der Waals surface area contributed by atoms with Crippen LogP contribution in [-0.4, -0.2) is 34.7 Å². The minimum atomic E-state index is -1.18.